The molecule has 0 radical (unpaired) electrons. The predicted molar refractivity (Wildman–Crippen MR) is 124 cm³/mol. The van der Waals surface area contributed by atoms with Crippen LogP contribution in [0.5, 0.6) is 11.6 Å². The lowest BCUT2D eigenvalue weighted by Crippen LogP contribution is -2.45. The van der Waals surface area contributed by atoms with Gasteiger partial charge < -0.3 is 15.8 Å². The fourth-order valence-electron chi connectivity index (χ4n) is 3.32. The number of anilines is 1. The Labute approximate surface area is 203 Å². The molecule has 0 aliphatic carbocycles. The molecular weight excluding hydrogens is 483 g/mol. The van der Waals surface area contributed by atoms with Gasteiger partial charge in [-0.25, -0.2) is 4.98 Å². The van der Waals surface area contributed by atoms with Crippen molar-refractivity contribution < 1.29 is 23.9 Å². The molecule has 9 nitrogen and oxygen atoms in total. The molecule has 3 aromatic rings. The molecule has 0 spiro atoms. The van der Waals surface area contributed by atoms with Crippen LogP contribution in [0.25, 0.3) is 0 Å². The lowest BCUT2D eigenvalue weighted by Gasteiger charge is -2.21. The van der Waals surface area contributed by atoms with Gasteiger partial charge in [0.05, 0.1) is 33.1 Å². The molecule has 2 heterocycles. The topological polar surface area (TPSA) is 132 Å². The Morgan fingerprint density at radius 1 is 1.03 bits per heavy atom. The van der Waals surface area contributed by atoms with E-state index >= 15 is 0 Å². The highest BCUT2D eigenvalue weighted by molar-refractivity contribution is 6.43. The van der Waals surface area contributed by atoms with E-state index in [4.69, 9.17) is 33.7 Å². The second-order valence-corrected chi connectivity index (χ2v) is 8.15. The molecule has 0 saturated carbocycles. The van der Waals surface area contributed by atoms with E-state index in [0.717, 1.165) is 4.90 Å². The van der Waals surface area contributed by atoms with E-state index < -0.39 is 29.7 Å². The van der Waals surface area contributed by atoms with E-state index in [2.05, 4.69) is 10.3 Å². The summed E-state index contributed by atoms with van der Waals surface area (Å²) in [6.07, 6.45) is 1.35. The fraction of sp³-hybridized carbons (Fsp3) is 0.0870. The Bertz CT molecular complexity index is 1300. The average Bonchev–Trinajstić information content (AvgIpc) is 3.04. The maximum absolute atomic E-state index is 12.7. The molecule has 11 heteroatoms. The first-order chi connectivity index (χ1) is 16.2. The van der Waals surface area contributed by atoms with Crippen molar-refractivity contribution in [3.05, 3.63) is 81.5 Å². The van der Waals surface area contributed by atoms with E-state index in [1.165, 1.54) is 43.5 Å². The third-order valence-electron chi connectivity index (χ3n) is 5.07. The largest absolute Gasteiger partial charge is 0.439 e. The Balaban J connectivity index is 1.44. The molecule has 4 rings (SSSR count). The van der Waals surface area contributed by atoms with Crippen LogP contribution in [0.15, 0.2) is 54.7 Å². The molecule has 1 aliphatic heterocycles. The Morgan fingerprint density at radius 2 is 1.68 bits per heavy atom. The number of aromatic nitrogens is 1. The summed E-state index contributed by atoms with van der Waals surface area (Å²) in [5.41, 5.74) is 6.03. The van der Waals surface area contributed by atoms with Crippen molar-refractivity contribution >= 4 is 52.5 Å². The Kier molecular flexibility index (Phi) is 6.23. The molecule has 4 amide bonds. The number of imide groups is 1. The van der Waals surface area contributed by atoms with Gasteiger partial charge in [0, 0.05) is 11.6 Å². The second-order valence-electron chi connectivity index (χ2n) is 7.34. The van der Waals surface area contributed by atoms with Crippen LogP contribution < -0.4 is 15.8 Å². The average molecular weight is 499 g/mol. The third kappa shape index (κ3) is 4.43. The van der Waals surface area contributed by atoms with E-state index in [1.807, 2.05) is 0 Å². The molecule has 1 atom stereocenters. The molecular formula is C23H16Cl2N4O5. The number of nitrogens with zero attached hydrogens (tertiary/aromatic N) is 2. The molecule has 1 aliphatic rings. The number of benzene rings is 2. The van der Waals surface area contributed by atoms with Crippen molar-refractivity contribution in [3.8, 4) is 11.6 Å². The molecule has 172 valence electrons. The van der Waals surface area contributed by atoms with Gasteiger partial charge in [0.15, 0.2) is 0 Å². The van der Waals surface area contributed by atoms with Crippen molar-refractivity contribution in [1.82, 2.24) is 9.88 Å². The number of hydrogen-bond donors (Lipinski definition) is 2. The van der Waals surface area contributed by atoms with Crippen molar-refractivity contribution in [2.24, 2.45) is 5.73 Å². The Hall–Kier alpha value is -3.95. The molecule has 0 saturated heterocycles. The number of primary amides is 1. The van der Waals surface area contributed by atoms with Crippen LogP contribution >= 0.6 is 23.2 Å². The van der Waals surface area contributed by atoms with E-state index in [-0.39, 0.29) is 32.6 Å². The molecule has 0 bridgehead atoms. The van der Waals surface area contributed by atoms with Crippen molar-refractivity contribution in [3.63, 3.8) is 0 Å². The van der Waals surface area contributed by atoms with Gasteiger partial charge >= 0.3 is 0 Å². The number of carbonyl (C=O) groups is 4. The quantitative estimate of drug-likeness (QED) is 0.495. The highest BCUT2D eigenvalue weighted by Gasteiger charge is 2.41. The van der Waals surface area contributed by atoms with Gasteiger partial charge in [-0.15, -0.1) is 0 Å². The monoisotopic (exact) mass is 498 g/mol. The number of carbonyl (C=O) groups excluding carboxylic acids is 4. The highest BCUT2D eigenvalue weighted by atomic mass is 35.5. The maximum atomic E-state index is 12.7. The Morgan fingerprint density at radius 3 is 2.24 bits per heavy atom. The third-order valence-corrected chi connectivity index (χ3v) is 5.79. The zero-order valence-electron chi connectivity index (χ0n) is 17.5. The summed E-state index contributed by atoms with van der Waals surface area (Å²) in [6, 6.07) is 10.8. The molecule has 1 unspecified atom stereocenters. The summed E-state index contributed by atoms with van der Waals surface area (Å²) < 4.78 is 5.59. The zero-order chi connectivity index (χ0) is 24.6. The van der Waals surface area contributed by atoms with Crippen LogP contribution in [-0.4, -0.2) is 39.6 Å². The number of halogens is 2. The summed E-state index contributed by atoms with van der Waals surface area (Å²) in [6.45, 7) is 1.43. The first kappa shape index (κ1) is 23.2. The molecule has 0 fully saturated rings. The summed E-state index contributed by atoms with van der Waals surface area (Å²) in [7, 11) is 0. The molecule has 2 aromatic carbocycles. The van der Waals surface area contributed by atoms with Crippen LogP contribution in [0.2, 0.25) is 10.0 Å². The second kappa shape index (κ2) is 9.12. The van der Waals surface area contributed by atoms with Crippen LogP contribution in [-0.2, 0) is 4.79 Å². The standard InChI is InChI=1S/C23H16Cl2N4O5/c1-11(29-22(32)15-8-17(24)18(25)9-16(15)23(29)33)21(31)28-13-5-6-19(27-10-13)34-14-4-2-3-12(7-14)20(26)30/h2-11H,1H3,(H2,26,30)(H,28,31). The smallest absolute Gasteiger partial charge is 0.262 e. The van der Waals surface area contributed by atoms with Crippen molar-refractivity contribution in [2.45, 2.75) is 13.0 Å². The zero-order valence-corrected chi connectivity index (χ0v) is 19.1. The van der Waals surface area contributed by atoms with E-state index in [1.54, 1.807) is 18.2 Å². The summed E-state index contributed by atoms with van der Waals surface area (Å²) in [5.74, 6) is -1.89. The first-order valence-electron chi connectivity index (χ1n) is 9.87. The number of pyridine rings is 1. The van der Waals surface area contributed by atoms with Crippen LogP contribution in [0.1, 0.15) is 38.0 Å². The first-order valence-corrected chi connectivity index (χ1v) is 10.6. The number of fused-ring (bicyclic) bond motifs is 1. The van der Waals surface area contributed by atoms with Gasteiger partial charge in [-0.1, -0.05) is 29.3 Å². The number of hydrogen-bond acceptors (Lipinski definition) is 6. The lowest BCUT2D eigenvalue weighted by molar-refractivity contribution is -0.119. The van der Waals surface area contributed by atoms with Crippen molar-refractivity contribution in [1.29, 1.82) is 0 Å². The van der Waals surface area contributed by atoms with E-state index in [9.17, 15) is 19.2 Å². The SMILES string of the molecule is CC(C(=O)Nc1ccc(Oc2cccc(C(N)=O)c2)nc1)N1C(=O)c2cc(Cl)c(Cl)cc2C1=O. The molecule has 3 N–H and O–H groups in total. The minimum atomic E-state index is -1.11. The van der Waals surface area contributed by atoms with Gasteiger partial charge in [0.25, 0.3) is 11.8 Å². The van der Waals surface area contributed by atoms with Gasteiger partial charge in [-0.05, 0) is 43.3 Å². The fourth-order valence-corrected chi connectivity index (χ4v) is 3.64. The number of nitrogens with one attached hydrogen (secondary N) is 1. The normalized spacial score (nSPS) is 13.4. The highest BCUT2D eigenvalue weighted by Crippen LogP contribution is 2.32. The van der Waals surface area contributed by atoms with Crippen LogP contribution in [0.3, 0.4) is 0 Å². The lowest BCUT2D eigenvalue weighted by atomic mass is 10.1. The summed E-state index contributed by atoms with van der Waals surface area (Å²) >= 11 is 11.9. The van der Waals surface area contributed by atoms with Gasteiger partial charge in [-0.3, -0.25) is 24.1 Å². The number of ether oxygens (including phenoxy) is 1. The van der Waals surface area contributed by atoms with Crippen molar-refractivity contribution in [2.75, 3.05) is 5.32 Å². The van der Waals surface area contributed by atoms with Gasteiger partial charge in [0.2, 0.25) is 17.7 Å². The molecule has 1 aromatic heterocycles. The van der Waals surface area contributed by atoms with Crippen LogP contribution in [0, 0.1) is 0 Å². The maximum Gasteiger partial charge on any atom is 0.262 e. The van der Waals surface area contributed by atoms with Gasteiger partial charge in [-0.2, -0.15) is 0 Å². The van der Waals surface area contributed by atoms with E-state index in [0.29, 0.717) is 11.4 Å². The van der Waals surface area contributed by atoms with Gasteiger partial charge in [0.1, 0.15) is 11.8 Å². The summed E-state index contributed by atoms with van der Waals surface area (Å²) in [4.78, 5) is 54.4. The molecule has 34 heavy (non-hydrogen) atoms. The minimum absolute atomic E-state index is 0.0858. The number of amides is 4. The number of nitrogens with two attached hydrogens (primary N) is 1. The van der Waals surface area contributed by atoms with Crippen LogP contribution in [0.4, 0.5) is 5.69 Å². The minimum Gasteiger partial charge on any atom is -0.439 e. The number of rotatable bonds is 6. The predicted octanol–water partition coefficient (Wildman–Crippen LogP) is 3.90. The summed E-state index contributed by atoms with van der Waals surface area (Å²) in [5, 5.41) is 2.88.